The second-order valence-electron chi connectivity index (χ2n) is 6.60. The van der Waals surface area contributed by atoms with Crippen LogP contribution in [0.25, 0.3) is 0 Å². The molecular formula is C20H26N4O3S. The second-order valence-corrected chi connectivity index (χ2v) is 8.54. The number of aromatic nitrogens is 1. The van der Waals surface area contributed by atoms with E-state index in [1.807, 2.05) is 30.9 Å². The molecule has 7 nitrogen and oxygen atoms in total. The molecule has 1 aromatic heterocycles. The van der Waals surface area contributed by atoms with E-state index >= 15 is 0 Å². The molecule has 2 heterocycles. The maximum Gasteiger partial charge on any atom is 0.253 e. The summed E-state index contributed by atoms with van der Waals surface area (Å²) in [5.74, 6) is -0.0684. The van der Waals surface area contributed by atoms with E-state index in [-0.39, 0.29) is 10.8 Å². The molecule has 0 radical (unpaired) electrons. The summed E-state index contributed by atoms with van der Waals surface area (Å²) in [5.41, 5.74) is 1.61. The van der Waals surface area contributed by atoms with E-state index in [1.54, 1.807) is 24.5 Å². The molecule has 0 aliphatic carbocycles. The number of pyridine rings is 1. The van der Waals surface area contributed by atoms with Crippen LogP contribution >= 0.6 is 0 Å². The van der Waals surface area contributed by atoms with Crippen LogP contribution in [-0.4, -0.2) is 67.8 Å². The zero-order chi connectivity index (χ0) is 20.1. The van der Waals surface area contributed by atoms with Crippen molar-refractivity contribution in [3.63, 3.8) is 0 Å². The van der Waals surface area contributed by atoms with Gasteiger partial charge >= 0.3 is 0 Å². The zero-order valence-corrected chi connectivity index (χ0v) is 17.1. The third kappa shape index (κ3) is 4.18. The van der Waals surface area contributed by atoms with Crippen molar-refractivity contribution in [1.29, 1.82) is 0 Å². The summed E-state index contributed by atoms with van der Waals surface area (Å²) in [7, 11) is -3.51. The fraction of sp³-hybridized carbons (Fsp3) is 0.400. The van der Waals surface area contributed by atoms with Crippen molar-refractivity contribution in [2.24, 2.45) is 0 Å². The lowest BCUT2D eigenvalue weighted by atomic mass is 10.2. The third-order valence-corrected chi connectivity index (χ3v) is 7.10. The SMILES string of the molecule is CCN(CC)S(=O)(=O)c1ccc(C(=O)N2CCN(c3ccncc3)CC2)cc1. The third-order valence-electron chi connectivity index (χ3n) is 5.04. The van der Waals surface area contributed by atoms with Crippen molar-refractivity contribution in [1.82, 2.24) is 14.2 Å². The molecule has 2 aromatic rings. The van der Waals surface area contributed by atoms with Crippen LogP contribution in [0.1, 0.15) is 24.2 Å². The Hall–Kier alpha value is -2.45. The van der Waals surface area contributed by atoms with E-state index in [0.29, 0.717) is 31.7 Å². The van der Waals surface area contributed by atoms with Gasteiger partial charge < -0.3 is 9.80 Å². The van der Waals surface area contributed by atoms with Crippen LogP contribution in [0, 0.1) is 0 Å². The molecule has 0 atom stereocenters. The van der Waals surface area contributed by atoms with Crippen LogP contribution in [-0.2, 0) is 10.0 Å². The zero-order valence-electron chi connectivity index (χ0n) is 16.3. The summed E-state index contributed by atoms with van der Waals surface area (Å²) in [4.78, 5) is 21.1. The van der Waals surface area contributed by atoms with E-state index in [4.69, 9.17) is 0 Å². The van der Waals surface area contributed by atoms with Gasteiger partial charge in [-0.1, -0.05) is 13.8 Å². The number of rotatable bonds is 6. The highest BCUT2D eigenvalue weighted by molar-refractivity contribution is 7.89. The number of sulfonamides is 1. The van der Waals surface area contributed by atoms with E-state index in [9.17, 15) is 13.2 Å². The minimum absolute atomic E-state index is 0.0684. The molecule has 0 bridgehead atoms. The second kappa shape index (κ2) is 8.70. The smallest absolute Gasteiger partial charge is 0.253 e. The highest BCUT2D eigenvalue weighted by atomic mass is 32.2. The number of piperazine rings is 1. The van der Waals surface area contributed by atoms with E-state index in [1.165, 1.54) is 16.4 Å². The first-order valence-corrected chi connectivity index (χ1v) is 11.0. The van der Waals surface area contributed by atoms with Gasteiger partial charge in [0.15, 0.2) is 0 Å². The number of carbonyl (C=O) groups excluding carboxylic acids is 1. The predicted octanol–water partition coefficient (Wildman–Crippen LogP) is 2.07. The first-order valence-electron chi connectivity index (χ1n) is 9.51. The monoisotopic (exact) mass is 402 g/mol. The van der Waals surface area contributed by atoms with Gasteiger partial charge in [0, 0.05) is 62.9 Å². The number of carbonyl (C=O) groups is 1. The maximum atomic E-state index is 12.8. The minimum Gasteiger partial charge on any atom is -0.368 e. The van der Waals surface area contributed by atoms with Crippen LogP contribution in [0.2, 0.25) is 0 Å². The fourth-order valence-electron chi connectivity index (χ4n) is 3.39. The Bertz CT molecular complexity index is 889. The van der Waals surface area contributed by atoms with Crippen LogP contribution < -0.4 is 4.90 Å². The molecule has 0 spiro atoms. The van der Waals surface area contributed by atoms with Crippen LogP contribution in [0.4, 0.5) is 5.69 Å². The Labute approximate surface area is 166 Å². The summed E-state index contributed by atoms with van der Waals surface area (Å²) < 4.78 is 26.5. The molecule has 150 valence electrons. The van der Waals surface area contributed by atoms with Crippen molar-refractivity contribution >= 4 is 21.6 Å². The quantitative estimate of drug-likeness (QED) is 0.740. The van der Waals surface area contributed by atoms with E-state index in [0.717, 1.165) is 18.8 Å². The standard InChI is InChI=1S/C20H26N4O3S/c1-3-24(4-2)28(26,27)19-7-5-17(6-8-19)20(25)23-15-13-22(14-16-23)18-9-11-21-12-10-18/h5-12H,3-4,13-16H2,1-2H3. The Balaban J connectivity index is 1.66. The lowest BCUT2D eigenvalue weighted by Gasteiger charge is -2.36. The summed E-state index contributed by atoms with van der Waals surface area (Å²) in [5, 5.41) is 0. The number of benzene rings is 1. The lowest BCUT2D eigenvalue weighted by molar-refractivity contribution is 0.0746. The summed E-state index contributed by atoms with van der Waals surface area (Å²) >= 11 is 0. The van der Waals surface area contributed by atoms with Gasteiger partial charge in [-0.05, 0) is 36.4 Å². The van der Waals surface area contributed by atoms with Gasteiger partial charge in [-0.25, -0.2) is 8.42 Å². The van der Waals surface area contributed by atoms with Gasteiger partial charge in [-0.2, -0.15) is 4.31 Å². The first-order chi connectivity index (χ1) is 13.5. The van der Waals surface area contributed by atoms with Gasteiger partial charge in [-0.3, -0.25) is 9.78 Å². The number of hydrogen-bond acceptors (Lipinski definition) is 5. The minimum atomic E-state index is -3.51. The van der Waals surface area contributed by atoms with Gasteiger partial charge in [0.1, 0.15) is 0 Å². The van der Waals surface area contributed by atoms with Crippen LogP contribution in [0.3, 0.4) is 0 Å². The van der Waals surface area contributed by atoms with E-state index in [2.05, 4.69) is 9.88 Å². The normalized spacial score (nSPS) is 15.1. The van der Waals surface area contributed by atoms with E-state index < -0.39 is 10.0 Å². The van der Waals surface area contributed by atoms with Crippen molar-refractivity contribution in [3.8, 4) is 0 Å². The topological polar surface area (TPSA) is 73.8 Å². The van der Waals surface area contributed by atoms with Crippen molar-refractivity contribution in [3.05, 3.63) is 54.4 Å². The summed E-state index contributed by atoms with van der Waals surface area (Å²) in [6, 6.07) is 10.2. The predicted molar refractivity (Wildman–Crippen MR) is 109 cm³/mol. The van der Waals surface area contributed by atoms with Crippen molar-refractivity contribution in [2.75, 3.05) is 44.2 Å². The van der Waals surface area contributed by atoms with Crippen molar-refractivity contribution < 1.29 is 13.2 Å². The number of nitrogens with zero attached hydrogens (tertiary/aromatic N) is 4. The highest BCUT2D eigenvalue weighted by Gasteiger charge is 2.24. The molecule has 1 fully saturated rings. The largest absolute Gasteiger partial charge is 0.368 e. The molecule has 1 aliphatic rings. The molecule has 1 aromatic carbocycles. The van der Waals surface area contributed by atoms with Gasteiger partial charge in [0.25, 0.3) is 5.91 Å². The summed E-state index contributed by atoms with van der Waals surface area (Å²) in [6.45, 7) is 7.22. The molecule has 0 saturated carbocycles. The average Bonchev–Trinajstić information content (AvgIpc) is 2.75. The molecule has 0 N–H and O–H groups in total. The molecule has 8 heteroatoms. The number of anilines is 1. The molecule has 1 aliphatic heterocycles. The average molecular weight is 403 g/mol. The molecule has 1 saturated heterocycles. The molecule has 3 rings (SSSR count). The fourth-order valence-corrected chi connectivity index (χ4v) is 4.85. The van der Waals surface area contributed by atoms with Crippen LogP contribution in [0.15, 0.2) is 53.7 Å². The van der Waals surface area contributed by atoms with Crippen LogP contribution in [0.5, 0.6) is 0 Å². The van der Waals surface area contributed by atoms with Gasteiger partial charge in [0.05, 0.1) is 4.90 Å². The Morgan fingerprint density at radius 1 is 0.964 bits per heavy atom. The molecule has 1 amide bonds. The molecule has 0 unspecified atom stereocenters. The maximum absolute atomic E-state index is 12.8. The highest BCUT2D eigenvalue weighted by Crippen LogP contribution is 2.19. The lowest BCUT2D eigenvalue weighted by Crippen LogP contribution is -2.48. The number of amides is 1. The first kappa shape index (κ1) is 20.3. The Morgan fingerprint density at radius 2 is 1.54 bits per heavy atom. The van der Waals surface area contributed by atoms with Gasteiger partial charge in [0.2, 0.25) is 10.0 Å². The molecular weight excluding hydrogens is 376 g/mol. The Morgan fingerprint density at radius 3 is 2.07 bits per heavy atom. The van der Waals surface area contributed by atoms with Gasteiger partial charge in [-0.15, -0.1) is 0 Å². The van der Waals surface area contributed by atoms with Crippen molar-refractivity contribution in [2.45, 2.75) is 18.7 Å². The molecule has 28 heavy (non-hydrogen) atoms. The Kier molecular flexibility index (Phi) is 6.31. The number of hydrogen-bond donors (Lipinski definition) is 0. The summed E-state index contributed by atoms with van der Waals surface area (Å²) in [6.07, 6.45) is 3.53.